The molecule has 0 atom stereocenters. The van der Waals surface area contributed by atoms with Crippen molar-refractivity contribution in [3.05, 3.63) is 117 Å². The monoisotopic (exact) mass is 780 g/mol. The quantitative estimate of drug-likeness (QED) is 0.0595. The second-order valence-corrected chi connectivity index (χ2v) is 14.8. The first kappa shape index (κ1) is 36.1. The van der Waals surface area contributed by atoms with Gasteiger partial charge in [-0.2, -0.15) is 0 Å². The Kier molecular flexibility index (Phi) is 8.07. The van der Waals surface area contributed by atoms with Crippen molar-refractivity contribution in [3.8, 4) is 69.0 Å². The Morgan fingerprint density at radius 1 is 0.293 bits per heavy atom. The molecule has 0 saturated heterocycles. The van der Waals surface area contributed by atoms with Crippen LogP contribution in [0.3, 0.4) is 0 Å². The van der Waals surface area contributed by atoms with Crippen molar-refractivity contribution in [2.75, 3.05) is 14.2 Å². The van der Waals surface area contributed by atoms with E-state index in [-0.39, 0.29) is 121 Å². The Hall–Kier alpha value is -7.60. The lowest BCUT2D eigenvalue weighted by molar-refractivity contribution is 0.412. The Morgan fingerprint density at radius 3 is 1.05 bits per heavy atom. The summed E-state index contributed by atoms with van der Waals surface area (Å²) in [5, 5.41) is 115. The summed E-state index contributed by atoms with van der Waals surface area (Å²) in [5.41, 5.74) is 2.47. The molecule has 12 heteroatoms. The molecular weight excluding hydrogens is 744 g/mol. The molecule has 292 valence electrons. The molecule has 0 fully saturated rings. The van der Waals surface area contributed by atoms with Crippen LogP contribution in [0, 0.1) is 0 Å². The summed E-state index contributed by atoms with van der Waals surface area (Å²) in [4.78, 5) is 0. The van der Waals surface area contributed by atoms with Crippen LogP contribution < -0.4 is 9.47 Å². The molecule has 8 aliphatic rings. The third kappa shape index (κ3) is 5.52. The first-order valence-corrected chi connectivity index (χ1v) is 18.2. The van der Waals surface area contributed by atoms with Crippen molar-refractivity contribution in [3.63, 3.8) is 0 Å². The minimum atomic E-state index is -0.288. The third-order valence-corrected chi connectivity index (χ3v) is 11.4. The second-order valence-electron chi connectivity index (χ2n) is 14.8. The minimum Gasteiger partial charge on any atom is -0.508 e. The number of aromatic hydroxyl groups is 10. The predicted octanol–water partition coefficient (Wildman–Crippen LogP) is 8.05. The van der Waals surface area contributed by atoms with Crippen molar-refractivity contribution >= 4 is 43.1 Å². The number of methoxy groups -OCH3 is 2. The maximum atomic E-state index is 11.7. The highest BCUT2D eigenvalue weighted by atomic mass is 16.5. The molecule has 8 aliphatic carbocycles. The lowest BCUT2D eigenvalue weighted by atomic mass is 9.91. The summed E-state index contributed by atoms with van der Waals surface area (Å²) in [6, 6.07) is 17.4. The maximum absolute atomic E-state index is 11.7. The molecule has 8 aromatic carbocycles. The standard InChI is InChI=1S/C46H36O12/c1-57-42-12-25-7-21-3-19(35(47)17-37(21)49)5-23-9-39(51)27-14-32-28(13-31(27)43(23)54)40(52)10-24(44(32)55)6-20-4-22(38(50)18-36(20)48)8-26-11-41(53)29-15-33(45(25)56)30(42)16-34(29)46(26)58-2/h3-4,9-18,47-56H,5-8H2,1-2H3. The van der Waals surface area contributed by atoms with Crippen molar-refractivity contribution in [1.82, 2.24) is 0 Å². The maximum Gasteiger partial charge on any atom is 0.130 e. The molecule has 0 aromatic heterocycles. The Labute approximate surface area is 329 Å². The van der Waals surface area contributed by atoms with Gasteiger partial charge in [-0.15, -0.1) is 0 Å². The molecular formula is C46H36O12. The fraction of sp³-hybridized carbons (Fsp3) is 0.130. The third-order valence-electron chi connectivity index (χ3n) is 11.4. The largest absolute Gasteiger partial charge is 0.508 e. The van der Waals surface area contributed by atoms with E-state index in [4.69, 9.17) is 9.47 Å². The molecule has 0 amide bonds. The smallest absolute Gasteiger partial charge is 0.130 e. The summed E-state index contributed by atoms with van der Waals surface area (Å²) in [7, 11) is 2.94. The number of hydrogen-bond donors (Lipinski definition) is 10. The molecule has 0 aliphatic heterocycles. The zero-order chi connectivity index (χ0) is 40.9. The zero-order valence-corrected chi connectivity index (χ0v) is 31.0. The van der Waals surface area contributed by atoms with Crippen LogP contribution in [-0.2, 0) is 25.7 Å². The van der Waals surface area contributed by atoms with Gasteiger partial charge in [0.15, 0.2) is 0 Å². The van der Waals surface area contributed by atoms with E-state index in [1.54, 1.807) is 24.3 Å². The van der Waals surface area contributed by atoms with Crippen LogP contribution in [-0.4, -0.2) is 65.3 Å². The zero-order valence-electron chi connectivity index (χ0n) is 31.0. The van der Waals surface area contributed by atoms with Gasteiger partial charge in [0, 0.05) is 103 Å². The van der Waals surface area contributed by atoms with Gasteiger partial charge in [0.25, 0.3) is 0 Å². The van der Waals surface area contributed by atoms with E-state index in [9.17, 15) is 51.1 Å². The van der Waals surface area contributed by atoms with Crippen LogP contribution in [0.4, 0.5) is 0 Å². The number of rotatable bonds is 2. The van der Waals surface area contributed by atoms with Gasteiger partial charge < -0.3 is 60.5 Å². The van der Waals surface area contributed by atoms with E-state index in [0.717, 1.165) is 6.07 Å². The van der Waals surface area contributed by atoms with E-state index in [1.165, 1.54) is 56.7 Å². The fourth-order valence-corrected chi connectivity index (χ4v) is 8.42. The van der Waals surface area contributed by atoms with Crippen molar-refractivity contribution in [2.24, 2.45) is 0 Å². The highest BCUT2D eigenvalue weighted by Crippen LogP contribution is 2.48. The van der Waals surface area contributed by atoms with Crippen LogP contribution in [0.1, 0.15) is 44.5 Å². The summed E-state index contributed by atoms with van der Waals surface area (Å²) in [5.74, 6) is -1.67. The summed E-state index contributed by atoms with van der Waals surface area (Å²) in [6.07, 6.45) is -0.219. The fourth-order valence-electron chi connectivity index (χ4n) is 8.42. The molecule has 8 aromatic rings. The van der Waals surface area contributed by atoms with Crippen molar-refractivity contribution in [2.45, 2.75) is 25.7 Å². The molecule has 0 spiro atoms. The minimum absolute atomic E-state index is 0.0228. The van der Waals surface area contributed by atoms with Gasteiger partial charge in [-0.25, -0.2) is 0 Å². The molecule has 10 N–H and O–H groups in total. The highest BCUT2D eigenvalue weighted by molar-refractivity contribution is 6.09. The Morgan fingerprint density at radius 2 is 0.638 bits per heavy atom. The Bertz CT molecular complexity index is 3100. The van der Waals surface area contributed by atoms with Crippen LogP contribution in [0.2, 0.25) is 0 Å². The number of phenolic OH excluding ortho intramolecular Hbond substituents is 10. The summed E-state index contributed by atoms with van der Waals surface area (Å²) >= 11 is 0. The van der Waals surface area contributed by atoms with E-state index in [1.807, 2.05) is 0 Å². The molecule has 12 nitrogen and oxygen atoms in total. The van der Waals surface area contributed by atoms with E-state index in [0.29, 0.717) is 60.9 Å². The van der Waals surface area contributed by atoms with E-state index >= 15 is 0 Å². The van der Waals surface area contributed by atoms with Crippen molar-refractivity contribution < 1.29 is 60.5 Å². The second kappa shape index (κ2) is 13.0. The topological polar surface area (TPSA) is 221 Å². The van der Waals surface area contributed by atoms with Crippen LogP contribution in [0.25, 0.3) is 43.1 Å². The van der Waals surface area contributed by atoms with Gasteiger partial charge in [0.1, 0.15) is 69.0 Å². The number of phenols is 10. The lowest BCUT2D eigenvalue weighted by Gasteiger charge is -2.19. The van der Waals surface area contributed by atoms with Crippen LogP contribution in [0.15, 0.2) is 72.8 Å². The number of ether oxygens (including phenoxy) is 2. The van der Waals surface area contributed by atoms with Gasteiger partial charge in [0.05, 0.1) is 14.2 Å². The number of benzene rings is 8. The molecule has 0 saturated carbocycles. The highest BCUT2D eigenvalue weighted by Gasteiger charge is 2.24. The Balaban J connectivity index is 1.33. The molecule has 16 bridgehead atoms. The number of hydrogen-bond acceptors (Lipinski definition) is 12. The van der Waals surface area contributed by atoms with E-state index in [2.05, 4.69) is 0 Å². The van der Waals surface area contributed by atoms with Crippen LogP contribution in [0.5, 0.6) is 69.0 Å². The van der Waals surface area contributed by atoms with Gasteiger partial charge in [-0.1, -0.05) is 0 Å². The van der Waals surface area contributed by atoms with E-state index < -0.39 is 0 Å². The van der Waals surface area contributed by atoms with Gasteiger partial charge >= 0.3 is 0 Å². The van der Waals surface area contributed by atoms with Crippen molar-refractivity contribution in [1.29, 1.82) is 0 Å². The van der Waals surface area contributed by atoms with Gasteiger partial charge in [0.2, 0.25) is 0 Å². The summed E-state index contributed by atoms with van der Waals surface area (Å²) < 4.78 is 11.7. The first-order chi connectivity index (χ1) is 27.7. The predicted molar refractivity (Wildman–Crippen MR) is 217 cm³/mol. The molecule has 0 unspecified atom stereocenters. The molecule has 0 heterocycles. The molecule has 0 radical (unpaired) electrons. The SMILES string of the molecule is COc1cc2c(O)c3cc4c(O)cc(c(OC)c4cc13)Cc1cc(c(O)cc1O)Cc1cc(O)c3cc4c(O)c(cc(O)c4cc3c1O)Cc1cc(c(O)cc1O)C2. The average molecular weight is 781 g/mol. The average Bonchev–Trinajstić information content (AvgIpc) is 3.19. The summed E-state index contributed by atoms with van der Waals surface area (Å²) in [6.45, 7) is 0. The molecule has 58 heavy (non-hydrogen) atoms. The van der Waals surface area contributed by atoms with Gasteiger partial charge in [-0.3, -0.25) is 0 Å². The normalized spacial score (nSPS) is 12.7. The molecule has 16 rings (SSSR count). The van der Waals surface area contributed by atoms with Gasteiger partial charge in [-0.05, 0) is 82.9 Å². The first-order valence-electron chi connectivity index (χ1n) is 18.2. The lowest BCUT2D eigenvalue weighted by Crippen LogP contribution is -1.99. The van der Waals surface area contributed by atoms with Crippen LogP contribution >= 0.6 is 0 Å².